The number of benzene rings is 1. The van der Waals surface area contributed by atoms with E-state index < -0.39 is 42.8 Å². The van der Waals surface area contributed by atoms with E-state index in [1.54, 1.807) is 12.1 Å². The Kier molecular flexibility index (Phi) is 21.0. The van der Waals surface area contributed by atoms with Gasteiger partial charge >= 0.3 is 12.1 Å². The van der Waals surface area contributed by atoms with Crippen LogP contribution in [0.4, 0.5) is 4.79 Å². The Morgan fingerprint density at radius 1 is 0.816 bits per heavy atom. The molecular formula is C31H48IN3O14. The number of hydrogen-bond donors (Lipinski definition) is 7. The molecule has 1 fully saturated rings. The number of rotatable bonds is 25. The molecule has 0 saturated carbocycles. The average Bonchev–Trinajstić information content (AvgIpc) is 3.07. The summed E-state index contributed by atoms with van der Waals surface area (Å²) in [6.45, 7) is 3.12. The Bertz CT molecular complexity index is 1160. The van der Waals surface area contributed by atoms with Gasteiger partial charge in [-0.2, -0.15) is 0 Å². The molecule has 278 valence electrons. The highest BCUT2D eigenvalue weighted by Crippen LogP contribution is 2.28. The predicted octanol–water partition coefficient (Wildman–Crippen LogP) is -0.237. The number of carboxylic acid groups (broad SMARTS) is 1. The number of carbonyl (C=O) groups is 4. The second kappa shape index (κ2) is 24.3. The van der Waals surface area contributed by atoms with Gasteiger partial charge in [0.2, 0.25) is 18.1 Å². The summed E-state index contributed by atoms with van der Waals surface area (Å²) in [5.41, 5.74) is 6.28. The van der Waals surface area contributed by atoms with Crippen molar-refractivity contribution in [2.75, 3.05) is 57.2 Å². The maximum Gasteiger partial charge on any atom is 0.404 e. The average molecular weight is 814 g/mol. The van der Waals surface area contributed by atoms with Crippen molar-refractivity contribution in [3.8, 4) is 5.75 Å². The highest BCUT2D eigenvalue weighted by molar-refractivity contribution is 14.1. The van der Waals surface area contributed by atoms with Gasteiger partial charge in [-0.25, -0.2) is 9.59 Å². The molecule has 1 aliphatic heterocycles. The van der Waals surface area contributed by atoms with E-state index in [2.05, 4.69) is 10.6 Å². The standard InChI is InChI=1S/C31H48IN3O14/c32-18-24(37)34-9-3-1-2-6-23(36)35-10-12-45-14-16-46-15-13-44-11-4-5-20-7-8-22(21(17-20)19-47-31(33)43)48-30-27(40)25(38)26(39)28(49-30)29(41)42/h7-8,17,25-28,30,38-40H,1-6,9-16,18-19H2,(H2,33,43)(H,34,37)(H,35,36)(H,41,42)/t25-,26-,27+,28-,30?/m0/s1. The lowest BCUT2D eigenvalue weighted by Crippen LogP contribution is -2.61. The molecule has 0 bridgehead atoms. The molecule has 0 aliphatic carbocycles. The monoisotopic (exact) mass is 813 g/mol. The van der Waals surface area contributed by atoms with Gasteiger partial charge in [0, 0.05) is 31.7 Å². The van der Waals surface area contributed by atoms with Gasteiger partial charge in [-0.05, 0) is 43.4 Å². The molecule has 1 heterocycles. The number of nitrogens with one attached hydrogen (secondary N) is 2. The second-order valence-corrected chi connectivity index (χ2v) is 11.8. The third-order valence-electron chi connectivity index (χ3n) is 7.14. The highest BCUT2D eigenvalue weighted by Gasteiger charge is 2.48. The Balaban J connectivity index is 1.58. The summed E-state index contributed by atoms with van der Waals surface area (Å²) in [5.74, 6) is -1.47. The summed E-state index contributed by atoms with van der Waals surface area (Å²) < 4.78 is 32.7. The largest absolute Gasteiger partial charge is 0.479 e. The zero-order chi connectivity index (χ0) is 36.0. The van der Waals surface area contributed by atoms with Gasteiger partial charge in [-0.1, -0.05) is 35.1 Å². The number of amides is 3. The minimum absolute atomic E-state index is 0.0230. The number of carboxylic acids is 1. The zero-order valence-corrected chi connectivity index (χ0v) is 29.4. The molecule has 0 radical (unpaired) electrons. The molecule has 49 heavy (non-hydrogen) atoms. The number of nitrogens with two attached hydrogens (primary N) is 1. The van der Waals surface area contributed by atoms with Crippen LogP contribution in [0.25, 0.3) is 0 Å². The number of alkyl halides is 1. The van der Waals surface area contributed by atoms with Gasteiger partial charge in [0.1, 0.15) is 30.7 Å². The number of unbranched alkanes of at least 4 members (excludes halogenated alkanes) is 2. The molecule has 1 aromatic carbocycles. The highest BCUT2D eigenvalue weighted by atomic mass is 127. The van der Waals surface area contributed by atoms with E-state index in [1.165, 1.54) is 6.07 Å². The van der Waals surface area contributed by atoms with Crippen molar-refractivity contribution in [2.45, 2.75) is 75.8 Å². The number of aliphatic hydroxyl groups excluding tert-OH is 3. The number of aryl methyl sites for hydroxylation is 1. The van der Waals surface area contributed by atoms with E-state index in [9.17, 15) is 39.6 Å². The Hall–Kier alpha value is -2.85. The molecule has 0 spiro atoms. The van der Waals surface area contributed by atoms with E-state index in [0.29, 0.717) is 82.0 Å². The third kappa shape index (κ3) is 17.1. The van der Waals surface area contributed by atoms with Crippen LogP contribution in [0, 0.1) is 0 Å². The van der Waals surface area contributed by atoms with Crippen LogP contribution >= 0.6 is 22.6 Å². The minimum Gasteiger partial charge on any atom is -0.479 e. The first-order chi connectivity index (χ1) is 23.5. The Morgan fingerprint density at radius 3 is 2.16 bits per heavy atom. The summed E-state index contributed by atoms with van der Waals surface area (Å²) in [5, 5.41) is 45.1. The van der Waals surface area contributed by atoms with Crippen LogP contribution in [0.2, 0.25) is 0 Å². The van der Waals surface area contributed by atoms with Crippen molar-refractivity contribution >= 4 is 46.5 Å². The molecule has 18 heteroatoms. The van der Waals surface area contributed by atoms with Gasteiger partial charge in [0.25, 0.3) is 0 Å². The molecule has 1 aliphatic rings. The predicted molar refractivity (Wildman–Crippen MR) is 180 cm³/mol. The first-order valence-electron chi connectivity index (χ1n) is 16.0. The lowest BCUT2D eigenvalue weighted by atomic mass is 9.99. The van der Waals surface area contributed by atoms with Crippen LogP contribution in [0.1, 0.15) is 43.2 Å². The van der Waals surface area contributed by atoms with Gasteiger partial charge in [0.15, 0.2) is 6.10 Å². The molecule has 2 rings (SSSR count). The van der Waals surface area contributed by atoms with Crippen molar-refractivity contribution in [3.05, 3.63) is 29.3 Å². The number of primary amides is 1. The zero-order valence-electron chi connectivity index (χ0n) is 27.3. The number of aliphatic hydroxyl groups is 3. The molecule has 3 amide bonds. The number of halogens is 1. The molecular weight excluding hydrogens is 765 g/mol. The van der Waals surface area contributed by atoms with Crippen LogP contribution in [-0.4, -0.2) is 132 Å². The maximum atomic E-state index is 11.8. The number of carbonyl (C=O) groups excluding carboxylic acids is 3. The summed E-state index contributed by atoms with van der Waals surface area (Å²) in [6.07, 6.45) is -5.80. The van der Waals surface area contributed by atoms with Crippen LogP contribution in [0.15, 0.2) is 18.2 Å². The summed E-state index contributed by atoms with van der Waals surface area (Å²) >= 11 is 2.01. The van der Waals surface area contributed by atoms with E-state index in [1.807, 2.05) is 22.6 Å². The van der Waals surface area contributed by atoms with E-state index in [4.69, 9.17) is 34.2 Å². The first kappa shape index (κ1) is 42.3. The topological polar surface area (TPSA) is 255 Å². The van der Waals surface area contributed by atoms with Crippen LogP contribution in [-0.2, 0) is 51.1 Å². The SMILES string of the molecule is NC(=O)OCc1cc(CCCOCCOCCOCCNC(=O)CCCCCNC(=O)CI)ccc1OC1O[C@H](C(=O)O)[C@@H](O)[C@H](O)[C@H]1O. The third-order valence-corrected chi connectivity index (χ3v) is 7.83. The number of aliphatic carboxylic acids is 1. The van der Waals surface area contributed by atoms with Crippen LogP contribution < -0.4 is 21.1 Å². The van der Waals surface area contributed by atoms with Crippen molar-refractivity contribution in [1.29, 1.82) is 0 Å². The molecule has 8 N–H and O–H groups in total. The van der Waals surface area contributed by atoms with Gasteiger partial charge in [-0.3, -0.25) is 9.59 Å². The van der Waals surface area contributed by atoms with Crippen molar-refractivity contribution in [1.82, 2.24) is 10.6 Å². The van der Waals surface area contributed by atoms with E-state index >= 15 is 0 Å². The quantitative estimate of drug-likeness (QED) is 0.0383. The summed E-state index contributed by atoms with van der Waals surface area (Å²) in [4.78, 5) is 45.6. The van der Waals surface area contributed by atoms with Crippen molar-refractivity contribution in [2.24, 2.45) is 5.73 Å². The normalized spacial score (nSPS) is 20.4. The van der Waals surface area contributed by atoms with Crippen molar-refractivity contribution in [3.63, 3.8) is 0 Å². The van der Waals surface area contributed by atoms with Gasteiger partial charge in [0.05, 0.1) is 37.5 Å². The van der Waals surface area contributed by atoms with Crippen LogP contribution in [0.5, 0.6) is 5.75 Å². The minimum atomic E-state index is -1.87. The molecule has 0 aromatic heterocycles. The summed E-state index contributed by atoms with van der Waals surface area (Å²) in [6, 6.07) is 4.91. The number of ether oxygens (including phenoxy) is 6. The molecule has 5 atom stereocenters. The first-order valence-corrected chi connectivity index (χ1v) is 17.5. The molecule has 1 saturated heterocycles. The maximum absolute atomic E-state index is 11.8. The van der Waals surface area contributed by atoms with Gasteiger partial charge < -0.3 is 65.2 Å². The fraction of sp³-hybridized carbons (Fsp3) is 0.677. The molecule has 1 aromatic rings. The number of hydrogen-bond acceptors (Lipinski definition) is 13. The van der Waals surface area contributed by atoms with Gasteiger partial charge in [-0.15, -0.1) is 0 Å². The Labute approximate surface area is 298 Å². The summed E-state index contributed by atoms with van der Waals surface area (Å²) in [7, 11) is 0. The van der Waals surface area contributed by atoms with E-state index in [-0.39, 0.29) is 24.2 Å². The van der Waals surface area contributed by atoms with Crippen molar-refractivity contribution < 1.29 is 68.0 Å². The Morgan fingerprint density at radius 2 is 1.49 bits per heavy atom. The van der Waals surface area contributed by atoms with Crippen LogP contribution in [0.3, 0.4) is 0 Å². The lowest BCUT2D eigenvalue weighted by molar-refractivity contribution is -0.271. The van der Waals surface area contributed by atoms with E-state index in [0.717, 1.165) is 24.8 Å². The molecule has 17 nitrogen and oxygen atoms in total. The lowest BCUT2D eigenvalue weighted by Gasteiger charge is -2.38. The molecule has 1 unspecified atom stereocenters. The fourth-order valence-electron chi connectivity index (χ4n) is 4.57. The fourth-order valence-corrected chi connectivity index (χ4v) is 4.84. The smallest absolute Gasteiger partial charge is 0.404 e. The second-order valence-electron chi connectivity index (χ2n) is 11.0.